The molecular formula is C23H22BrNO. The van der Waals surface area contributed by atoms with Gasteiger partial charge in [0.2, 0.25) is 0 Å². The summed E-state index contributed by atoms with van der Waals surface area (Å²) in [5.41, 5.74) is 3.59. The van der Waals surface area contributed by atoms with Crippen molar-refractivity contribution in [1.29, 1.82) is 0 Å². The Balaban J connectivity index is 1.81. The molecule has 2 nitrogen and oxygen atoms in total. The van der Waals surface area contributed by atoms with E-state index in [-0.39, 0.29) is 6.04 Å². The first kappa shape index (κ1) is 18.6. The van der Waals surface area contributed by atoms with Crippen molar-refractivity contribution in [3.8, 4) is 0 Å². The maximum absolute atomic E-state index is 11.9. The summed E-state index contributed by atoms with van der Waals surface area (Å²) in [7, 11) is 0. The van der Waals surface area contributed by atoms with Gasteiger partial charge in [0.05, 0.1) is 6.04 Å². The smallest absolute Gasteiger partial charge is 0.137 e. The van der Waals surface area contributed by atoms with Gasteiger partial charge in [-0.05, 0) is 35.2 Å². The van der Waals surface area contributed by atoms with E-state index in [1.54, 1.807) is 0 Å². The summed E-state index contributed by atoms with van der Waals surface area (Å²) in [4.78, 5) is 14.2. The summed E-state index contributed by atoms with van der Waals surface area (Å²) >= 11 is 3.47. The third-order valence-electron chi connectivity index (χ3n) is 4.44. The molecule has 0 amide bonds. The van der Waals surface area contributed by atoms with Crippen molar-refractivity contribution < 1.29 is 4.79 Å². The van der Waals surface area contributed by atoms with Gasteiger partial charge in [-0.25, -0.2) is 0 Å². The Morgan fingerprint density at radius 3 is 1.69 bits per heavy atom. The highest BCUT2D eigenvalue weighted by atomic mass is 79.9. The standard InChI is InChI=1S/C23H22BrNO/c24-22-13-11-19(12-14-22)15-23(18-26)25(16-20-7-3-1-4-8-20)17-21-9-5-2-6-10-21/h1-14,18,23H,15-17H2/t23-/m0/s1. The van der Waals surface area contributed by atoms with Gasteiger partial charge in [-0.2, -0.15) is 0 Å². The Labute approximate surface area is 163 Å². The molecule has 0 saturated carbocycles. The fraction of sp³-hybridized carbons (Fsp3) is 0.174. The van der Waals surface area contributed by atoms with Gasteiger partial charge >= 0.3 is 0 Å². The second-order valence-corrected chi connectivity index (χ2v) is 7.33. The Morgan fingerprint density at radius 1 is 0.731 bits per heavy atom. The molecule has 26 heavy (non-hydrogen) atoms. The van der Waals surface area contributed by atoms with E-state index in [0.29, 0.717) is 6.42 Å². The maximum Gasteiger partial charge on any atom is 0.137 e. The molecule has 1 atom stereocenters. The molecule has 3 aromatic rings. The van der Waals surface area contributed by atoms with Crippen LogP contribution in [0.4, 0.5) is 0 Å². The fourth-order valence-electron chi connectivity index (χ4n) is 3.05. The molecule has 0 aliphatic heterocycles. The number of hydrogen-bond donors (Lipinski definition) is 0. The van der Waals surface area contributed by atoms with Crippen LogP contribution in [-0.2, 0) is 24.3 Å². The minimum atomic E-state index is -0.170. The van der Waals surface area contributed by atoms with E-state index in [4.69, 9.17) is 0 Å². The highest BCUT2D eigenvalue weighted by Gasteiger charge is 2.19. The van der Waals surface area contributed by atoms with E-state index in [1.807, 2.05) is 48.5 Å². The molecular weight excluding hydrogens is 386 g/mol. The van der Waals surface area contributed by atoms with Crippen LogP contribution in [0.1, 0.15) is 16.7 Å². The average molecular weight is 408 g/mol. The molecule has 0 aromatic heterocycles. The van der Waals surface area contributed by atoms with Crippen LogP contribution in [0.25, 0.3) is 0 Å². The van der Waals surface area contributed by atoms with Crippen LogP contribution in [0.2, 0.25) is 0 Å². The van der Waals surface area contributed by atoms with Gasteiger partial charge in [-0.3, -0.25) is 4.90 Å². The first-order valence-electron chi connectivity index (χ1n) is 8.76. The third-order valence-corrected chi connectivity index (χ3v) is 4.97. The minimum Gasteiger partial charge on any atom is -0.302 e. The molecule has 132 valence electrons. The van der Waals surface area contributed by atoms with Crippen LogP contribution in [0, 0.1) is 0 Å². The van der Waals surface area contributed by atoms with E-state index in [9.17, 15) is 4.79 Å². The van der Waals surface area contributed by atoms with Crippen LogP contribution in [0.5, 0.6) is 0 Å². The van der Waals surface area contributed by atoms with E-state index in [2.05, 4.69) is 57.2 Å². The van der Waals surface area contributed by atoms with E-state index in [0.717, 1.165) is 29.4 Å². The largest absolute Gasteiger partial charge is 0.302 e. The molecule has 0 heterocycles. The molecule has 0 radical (unpaired) electrons. The Morgan fingerprint density at radius 2 is 1.23 bits per heavy atom. The molecule has 0 fully saturated rings. The number of halogens is 1. The predicted molar refractivity (Wildman–Crippen MR) is 110 cm³/mol. The Bertz CT molecular complexity index is 761. The lowest BCUT2D eigenvalue weighted by molar-refractivity contribution is -0.112. The van der Waals surface area contributed by atoms with Crippen LogP contribution in [0.3, 0.4) is 0 Å². The lowest BCUT2D eigenvalue weighted by Gasteiger charge is -2.28. The van der Waals surface area contributed by atoms with Gasteiger partial charge in [-0.15, -0.1) is 0 Å². The first-order chi connectivity index (χ1) is 12.7. The van der Waals surface area contributed by atoms with Gasteiger partial charge in [0.15, 0.2) is 0 Å². The summed E-state index contributed by atoms with van der Waals surface area (Å²) in [5, 5.41) is 0. The van der Waals surface area contributed by atoms with Crippen LogP contribution in [-0.4, -0.2) is 17.2 Å². The highest BCUT2D eigenvalue weighted by Crippen LogP contribution is 2.17. The first-order valence-corrected chi connectivity index (χ1v) is 9.55. The average Bonchev–Trinajstić information content (AvgIpc) is 2.69. The monoisotopic (exact) mass is 407 g/mol. The van der Waals surface area contributed by atoms with Crippen molar-refractivity contribution in [2.24, 2.45) is 0 Å². The lowest BCUT2D eigenvalue weighted by Crippen LogP contribution is -2.37. The molecule has 0 spiro atoms. The van der Waals surface area contributed by atoms with Crippen LogP contribution >= 0.6 is 15.9 Å². The zero-order valence-electron chi connectivity index (χ0n) is 14.6. The van der Waals surface area contributed by atoms with Crippen LogP contribution < -0.4 is 0 Å². The molecule has 0 bridgehead atoms. The topological polar surface area (TPSA) is 20.3 Å². The number of hydrogen-bond acceptors (Lipinski definition) is 2. The Kier molecular flexibility index (Phi) is 6.75. The molecule has 0 saturated heterocycles. The van der Waals surface area contributed by atoms with Crippen molar-refractivity contribution in [2.75, 3.05) is 0 Å². The number of carbonyl (C=O) groups is 1. The second-order valence-electron chi connectivity index (χ2n) is 6.41. The van der Waals surface area contributed by atoms with Gasteiger partial charge in [0.25, 0.3) is 0 Å². The van der Waals surface area contributed by atoms with Gasteiger partial charge in [0, 0.05) is 17.6 Å². The van der Waals surface area contributed by atoms with Crippen molar-refractivity contribution in [2.45, 2.75) is 25.6 Å². The van der Waals surface area contributed by atoms with E-state index >= 15 is 0 Å². The molecule has 3 aromatic carbocycles. The predicted octanol–water partition coefficient (Wildman–Crippen LogP) is 5.26. The van der Waals surface area contributed by atoms with E-state index in [1.165, 1.54) is 11.1 Å². The van der Waals surface area contributed by atoms with Gasteiger partial charge in [0.1, 0.15) is 6.29 Å². The summed E-state index contributed by atoms with van der Waals surface area (Å²) < 4.78 is 1.05. The summed E-state index contributed by atoms with van der Waals surface area (Å²) in [6, 6.07) is 28.7. The number of benzene rings is 3. The molecule has 0 N–H and O–H groups in total. The van der Waals surface area contributed by atoms with Gasteiger partial charge < -0.3 is 4.79 Å². The number of nitrogens with zero attached hydrogens (tertiary/aromatic N) is 1. The molecule has 0 aliphatic carbocycles. The van der Waals surface area contributed by atoms with Crippen molar-refractivity contribution >= 4 is 22.2 Å². The number of carbonyl (C=O) groups excluding carboxylic acids is 1. The normalized spacial score (nSPS) is 12.1. The summed E-state index contributed by atoms with van der Waals surface area (Å²) in [6.45, 7) is 1.49. The highest BCUT2D eigenvalue weighted by molar-refractivity contribution is 9.10. The van der Waals surface area contributed by atoms with Crippen molar-refractivity contribution in [3.05, 3.63) is 106 Å². The Hall–Kier alpha value is -2.23. The lowest BCUT2D eigenvalue weighted by atomic mass is 10.0. The zero-order valence-corrected chi connectivity index (χ0v) is 16.2. The molecule has 0 unspecified atom stereocenters. The maximum atomic E-state index is 11.9. The minimum absolute atomic E-state index is 0.170. The van der Waals surface area contributed by atoms with Crippen molar-refractivity contribution in [1.82, 2.24) is 4.90 Å². The summed E-state index contributed by atoms with van der Waals surface area (Å²) in [6.07, 6.45) is 1.78. The van der Waals surface area contributed by atoms with E-state index < -0.39 is 0 Å². The molecule has 3 rings (SSSR count). The quantitative estimate of drug-likeness (QED) is 0.474. The third kappa shape index (κ3) is 5.38. The van der Waals surface area contributed by atoms with Crippen molar-refractivity contribution in [3.63, 3.8) is 0 Å². The zero-order chi connectivity index (χ0) is 18.2. The summed E-state index contributed by atoms with van der Waals surface area (Å²) in [5.74, 6) is 0. The SMILES string of the molecule is O=C[C@H](Cc1ccc(Br)cc1)N(Cc1ccccc1)Cc1ccccc1. The molecule has 0 aliphatic rings. The fourth-order valence-corrected chi connectivity index (χ4v) is 3.32. The molecule has 3 heteroatoms. The van der Waals surface area contributed by atoms with Gasteiger partial charge in [-0.1, -0.05) is 88.7 Å². The second kappa shape index (κ2) is 9.46. The number of aldehydes is 1. The number of rotatable bonds is 8. The van der Waals surface area contributed by atoms with Crippen LogP contribution in [0.15, 0.2) is 89.4 Å².